The molecule has 4 nitrogen and oxygen atoms in total. The van der Waals surface area contributed by atoms with Gasteiger partial charge in [0.15, 0.2) is 6.10 Å². The number of carbonyl (C=O) groups excluding carboxylic acids is 1. The number of rotatable bonds is 5. The van der Waals surface area contributed by atoms with E-state index in [2.05, 4.69) is 5.32 Å². The SMILES string of the molecule is CCOC(=O)C(C)OC1CCC(NC)CC1. The molecule has 0 bridgehead atoms. The number of hydrogen-bond donors (Lipinski definition) is 1. The summed E-state index contributed by atoms with van der Waals surface area (Å²) in [7, 11) is 1.99. The fraction of sp³-hybridized carbons (Fsp3) is 0.917. The van der Waals surface area contributed by atoms with Gasteiger partial charge in [-0.05, 0) is 46.6 Å². The molecule has 4 heteroatoms. The number of ether oxygens (including phenoxy) is 2. The van der Waals surface area contributed by atoms with Crippen molar-refractivity contribution in [3.8, 4) is 0 Å². The smallest absolute Gasteiger partial charge is 0.334 e. The first kappa shape index (κ1) is 13.5. The second kappa shape index (κ2) is 6.86. The predicted molar refractivity (Wildman–Crippen MR) is 62.3 cm³/mol. The van der Waals surface area contributed by atoms with E-state index in [4.69, 9.17) is 9.47 Å². The molecule has 1 rings (SSSR count). The van der Waals surface area contributed by atoms with Crippen LogP contribution in [0.3, 0.4) is 0 Å². The Morgan fingerprint density at radius 3 is 2.50 bits per heavy atom. The summed E-state index contributed by atoms with van der Waals surface area (Å²) in [6.07, 6.45) is 4.07. The molecule has 1 fully saturated rings. The summed E-state index contributed by atoms with van der Waals surface area (Å²) in [6, 6.07) is 0.609. The van der Waals surface area contributed by atoms with Crippen LogP contribution in [0, 0.1) is 0 Å². The second-order valence-electron chi connectivity index (χ2n) is 4.29. The van der Waals surface area contributed by atoms with Gasteiger partial charge in [0.2, 0.25) is 0 Å². The quantitative estimate of drug-likeness (QED) is 0.725. The van der Waals surface area contributed by atoms with E-state index in [-0.39, 0.29) is 12.1 Å². The minimum atomic E-state index is -0.434. The minimum Gasteiger partial charge on any atom is -0.464 e. The average Bonchev–Trinajstić information content (AvgIpc) is 2.30. The Balaban J connectivity index is 2.25. The standard InChI is InChI=1S/C12H23NO3/c1-4-15-12(14)9(2)16-11-7-5-10(13-3)6-8-11/h9-11,13H,4-8H2,1-3H3. The van der Waals surface area contributed by atoms with Crippen LogP contribution in [0.1, 0.15) is 39.5 Å². The lowest BCUT2D eigenvalue weighted by molar-refractivity contribution is -0.160. The van der Waals surface area contributed by atoms with Gasteiger partial charge in [-0.2, -0.15) is 0 Å². The lowest BCUT2D eigenvalue weighted by Crippen LogP contribution is -2.36. The van der Waals surface area contributed by atoms with E-state index in [1.807, 2.05) is 14.0 Å². The van der Waals surface area contributed by atoms with E-state index >= 15 is 0 Å². The first-order valence-corrected chi connectivity index (χ1v) is 6.16. The van der Waals surface area contributed by atoms with Crippen LogP contribution in [0.15, 0.2) is 0 Å². The third-order valence-electron chi connectivity index (χ3n) is 3.10. The summed E-state index contributed by atoms with van der Waals surface area (Å²) >= 11 is 0. The first-order chi connectivity index (χ1) is 7.67. The molecule has 0 spiro atoms. The van der Waals surface area contributed by atoms with Gasteiger partial charge in [0.25, 0.3) is 0 Å². The van der Waals surface area contributed by atoms with Crippen molar-refractivity contribution in [2.75, 3.05) is 13.7 Å². The van der Waals surface area contributed by atoms with Crippen molar-refractivity contribution >= 4 is 5.97 Å². The predicted octanol–water partition coefficient (Wildman–Crippen LogP) is 1.49. The Kier molecular flexibility index (Phi) is 5.77. The Bertz CT molecular complexity index is 212. The highest BCUT2D eigenvalue weighted by Gasteiger charge is 2.24. The maximum atomic E-state index is 11.4. The van der Waals surface area contributed by atoms with Gasteiger partial charge in [-0.1, -0.05) is 0 Å². The Hall–Kier alpha value is -0.610. The highest BCUT2D eigenvalue weighted by Crippen LogP contribution is 2.22. The number of carbonyl (C=O) groups is 1. The maximum Gasteiger partial charge on any atom is 0.334 e. The third kappa shape index (κ3) is 4.10. The van der Waals surface area contributed by atoms with Crippen LogP contribution in [-0.2, 0) is 14.3 Å². The van der Waals surface area contributed by atoms with Crippen LogP contribution in [0.2, 0.25) is 0 Å². The van der Waals surface area contributed by atoms with E-state index in [0.29, 0.717) is 12.6 Å². The van der Waals surface area contributed by atoms with Gasteiger partial charge in [-0.3, -0.25) is 0 Å². The highest BCUT2D eigenvalue weighted by molar-refractivity contribution is 5.74. The largest absolute Gasteiger partial charge is 0.464 e. The van der Waals surface area contributed by atoms with Crippen LogP contribution >= 0.6 is 0 Å². The third-order valence-corrected chi connectivity index (χ3v) is 3.10. The molecule has 0 aromatic carbocycles. The second-order valence-corrected chi connectivity index (χ2v) is 4.29. The van der Waals surface area contributed by atoms with Crippen molar-refractivity contribution in [3.63, 3.8) is 0 Å². The fourth-order valence-electron chi connectivity index (χ4n) is 2.09. The Morgan fingerprint density at radius 2 is 2.00 bits per heavy atom. The maximum absolute atomic E-state index is 11.4. The van der Waals surface area contributed by atoms with Crippen LogP contribution in [0.25, 0.3) is 0 Å². The molecule has 1 aliphatic rings. The van der Waals surface area contributed by atoms with Crippen molar-refractivity contribution in [1.29, 1.82) is 0 Å². The minimum absolute atomic E-state index is 0.212. The molecule has 0 aliphatic heterocycles. The molecular weight excluding hydrogens is 206 g/mol. The van der Waals surface area contributed by atoms with Gasteiger partial charge in [-0.25, -0.2) is 4.79 Å². The fourth-order valence-corrected chi connectivity index (χ4v) is 2.09. The summed E-state index contributed by atoms with van der Waals surface area (Å²) in [5.41, 5.74) is 0. The van der Waals surface area contributed by atoms with Crippen molar-refractivity contribution < 1.29 is 14.3 Å². The molecule has 1 aliphatic carbocycles. The molecule has 0 saturated heterocycles. The zero-order valence-electron chi connectivity index (χ0n) is 10.5. The number of nitrogens with one attached hydrogen (secondary N) is 1. The van der Waals surface area contributed by atoms with E-state index in [1.165, 1.54) is 0 Å². The molecule has 1 saturated carbocycles. The van der Waals surface area contributed by atoms with E-state index in [0.717, 1.165) is 25.7 Å². The van der Waals surface area contributed by atoms with E-state index in [1.54, 1.807) is 6.92 Å². The van der Waals surface area contributed by atoms with Crippen molar-refractivity contribution in [1.82, 2.24) is 5.32 Å². The van der Waals surface area contributed by atoms with Gasteiger partial charge in [0, 0.05) is 6.04 Å². The summed E-state index contributed by atoms with van der Waals surface area (Å²) in [5, 5.41) is 3.27. The van der Waals surface area contributed by atoms with Gasteiger partial charge in [-0.15, -0.1) is 0 Å². The van der Waals surface area contributed by atoms with Gasteiger partial charge in [0.1, 0.15) is 0 Å². The summed E-state index contributed by atoms with van der Waals surface area (Å²) in [6.45, 7) is 3.99. The van der Waals surface area contributed by atoms with Gasteiger partial charge in [0.05, 0.1) is 12.7 Å². The summed E-state index contributed by atoms with van der Waals surface area (Å²) < 4.78 is 10.6. The van der Waals surface area contributed by atoms with Crippen molar-refractivity contribution in [2.45, 2.75) is 57.8 Å². The number of esters is 1. The monoisotopic (exact) mass is 229 g/mol. The van der Waals surface area contributed by atoms with Crippen LogP contribution < -0.4 is 5.32 Å². The molecule has 1 unspecified atom stereocenters. The molecule has 1 N–H and O–H groups in total. The van der Waals surface area contributed by atoms with E-state index < -0.39 is 6.10 Å². The lowest BCUT2D eigenvalue weighted by Gasteiger charge is -2.29. The highest BCUT2D eigenvalue weighted by atomic mass is 16.6. The van der Waals surface area contributed by atoms with Gasteiger partial charge >= 0.3 is 5.97 Å². The lowest BCUT2D eigenvalue weighted by atomic mass is 9.93. The molecule has 0 aromatic rings. The molecule has 0 radical (unpaired) electrons. The molecule has 1 atom stereocenters. The number of hydrogen-bond acceptors (Lipinski definition) is 4. The van der Waals surface area contributed by atoms with E-state index in [9.17, 15) is 4.79 Å². The van der Waals surface area contributed by atoms with Crippen molar-refractivity contribution in [2.24, 2.45) is 0 Å². The van der Waals surface area contributed by atoms with Crippen molar-refractivity contribution in [3.05, 3.63) is 0 Å². The van der Waals surface area contributed by atoms with Crippen LogP contribution in [0.4, 0.5) is 0 Å². The normalized spacial score (nSPS) is 27.4. The average molecular weight is 229 g/mol. The molecule has 94 valence electrons. The molecule has 0 aromatic heterocycles. The first-order valence-electron chi connectivity index (χ1n) is 6.16. The molecule has 0 heterocycles. The topological polar surface area (TPSA) is 47.6 Å². The molecule has 16 heavy (non-hydrogen) atoms. The van der Waals surface area contributed by atoms with Crippen LogP contribution in [-0.4, -0.2) is 37.9 Å². The zero-order chi connectivity index (χ0) is 12.0. The summed E-state index contributed by atoms with van der Waals surface area (Å²) in [4.78, 5) is 11.4. The molecule has 0 amide bonds. The Labute approximate surface area is 97.7 Å². The Morgan fingerprint density at radius 1 is 1.38 bits per heavy atom. The van der Waals surface area contributed by atoms with Gasteiger partial charge < -0.3 is 14.8 Å². The van der Waals surface area contributed by atoms with Crippen LogP contribution in [0.5, 0.6) is 0 Å². The molecular formula is C12H23NO3. The summed E-state index contributed by atoms with van der Waals surface area (Å²) in [5.74, 6) is -0.252. The zero-order valence-corrected chi connectivity index (χ0v) is 10.5.